The van der Waals surface area contributed by atoms with Gasteiger partial charge in [-0.25, -0.2) is 0 Å². The van der Waals surface area contributed by atoms with E-state index < -0.39 is 5.41 Å². The summed E-state index contributed by atoms with van der Waals surface area (Å²) in [5.41, 5.74) is 1.18. The molecule has 2 heteroatoms. The van der Waals surface area contributed by atoms with Crippen LogP contribution in [0.2, 0.25) is 0 Å². The number of ketones is 2. The van der Waals surface area contributed by atoms with E-state index in [1.54, 1.807) is 31.2 Å². The molecule has 0 N–H and O–H groups in total. The number of hydrogen-bond donors (Lipinski definition) is 0. The molecule has 1 aliphatic rings. The largest absolute Gasteiger partial charge is 0.293 e. The fourth-order valence-electron chi connectivity index (χ4n) is 2.74. The van der Waals surface area contributed by atoms with E-state index in [1.165, 1.54) is 0 Å². The maximum absolute atomic E-state index is 12.5. The Labute approximate surface area is 112 Å². The summed E-state index contributed by atoms with van der Waals surface area (Å²) in [4.78, 5) is 25.0. The first-order chi connectivity index (χ1) is 9.13. The molecule has 2 aromatic carbocycles. The molecule has 0 bridgehead atoms. The van der Waals surface area contributed by atoms with Crippen LogP contribution in [-0.2, 0) is 6.42 Å². The van der Waals surface area contributed by atoms with Gasteiger partial charge >= 0.3 is 0 Å². The van der Waals surface area contributed by atoms with Gasteiger partial charge < -0.3 is 0 Å². The van der Waals surface area contributed by atoms with Crippen molar-refractivity contribution in [1.82, 2.24) is 0 Å². The van der Waals surface area contributed by atoms with Gasteiger partial charge in [-0.2, -0.15) is 0 Å². The third-order valence-electron chi connectivity index (χ3n) is 3.82. The summed E-state index contributed by atoms with van der Waals surface area (Å²) < 4.78 is 0. The predicted octanol–water partition coefficient (Wildman–Crippen LogP) is 3.31. The first-order valence-corrected chi connectivity index (χ1v) is 6.35. The van der Waals surface area contributed by atoms with Crippen LogP contribution in [0.4, 0.5) is 0 Å². The third kappa shape index (κ3) is 1.72. The molecule has 0 heterocycles. The van der Waals surface area contributed by atoms with Gasteiger partial charge in [0.1, 0.15) is 0 Å². The van der Waals surface area contributed by atoms with E-state index in [-0.39, 0.29) is 11.6 Å². The van der Waals surface area contributed by atoms with Crippen molar-refractivity contribution in [2.24, 2.45) is 5.41 Å². The van der Waals surface area contributed by atoms with Crippen LogP contribution >= 0.6 is 0 Å². The molecule has 0 saturated carbocycles. The highest BCUT2D eigenvalue weighted by Crippen LogP contribution is 2.38. The molecular weight excluding hydrogens is 236 g/mol. The van der Waals surface area contributed by atoms with E-state index >= 15 is 0 Å². The van der Waals surface area contributed by atoms with Gasteiger partial charge in [0, 0.05) is 11.1 Å². The standard InChI is InChI=1S/C17H14O2/c1-17(11-12-7-3-2-4-8-12)15(18)13-9-5-6-10-14(13)16(17)19/h2-10H,11H2,1H3. The summed E-state index contributed by atoms with van der Waals surface area (Å²) in [6.45, 7) is 1.75. The Morgan fingerprint density at radius 2 is 1.26 bits per heavy atom. The molecule has 94 valence electrons. The number of Topliss-reactive ketones (excluding diaryl/α,β-unsaturated/α-hetero) is 2. The van der Waals surface area contributed by atoms with Gasteiger partial charge in [-0.05, 0) is 18.9 Å². The van der Waals surface area contributed by atoms with Crippen molar-refractivity contribution >= 4 is 11.6 Å². The summed E-state index contributed by atoms with van der Waals surface area (Å²) in [6.07, 6.45) is 0.459. The van der Waals surface area contributed by atoms with E-state index in [2.05, 4.69) is 0 Å². The highest BCUT2D eigenvalue weighted by molar-refractivity contribution is 6.29. The molecule has 1 aliphatic carbocycles. The van der Waals surface area contributed by atoms with Crippen LogP contribution in [0.1, 0.15) is 33.2 Å². The van der Waals surface area contributed by atoms with Crippen LogP contribution in [0.15, 0.2) is 54.6 Å². The van der Waals surface area contributed by atoms with E-state index in [9.17, 15) is 9.59 Å². The summed E-state index contributed by atoms with van der Waals surface area (Å²) in [5.74, 6) is -0.117. The molecule has 0 fully saturated rings. The lowest BCUT2D eigenvalue weighted by atomic mass is 9.79. The lowest BCUT2D eigenvalue weighted by Crippen LogP contribution is -2.32. The van der Waals surface area contributed by atoms with Crippen molar-refractivity contribution < 1.29 is 9.59 Å². The zero-order valence-electron chi connectivity index (χ0n) is 10.7. The predicted molar refractivity (Wildman–Crippen MR) is 73.4 cm³/mol. The van der Waals surface area contributed by atoms with Crippen molar-refractivity contribution in [2.75, 3.05) is 0 Å². The molecule has 0 atom stereocenters. The number of carbonyl (C=O) groups is 2. The zero-order chi connectivity index (χ0) is 13.5. The molecule has 3 rings (SSSR count). The Hall–Kier alpha value is -2.22. The van der Waals surface area contributed by atoms with Crippen molar-refractivity contribution in [2.45, 2.75) is 13.3 Å². The molecule has 0 amide bonds. The number of rotatable bonds is 2. The second kappa shape index (κ2) is 4.16. The smallest absolute Gasteiger partial charge is 0.177 e. The first-order valence-electron chi connectivity index (χ1n) is 6.35. The van der Waals surface area contributed by atoms with Gasteiger partial charge in [-0.15, -0.1) is 0 Å². The van der Waals surface area contributed by atoms with E-state index in [4.69, 9.17) is 0 Å². The van der Waals surface area contributed by atoms with Crippen molar-refractivity contribution in [3.8, 4) is 0 Å². The number of hydrogen-bond acceptors (Lipinski definition) is 2. The Balaban J connectivity index is 2.03. The number of benzene rings is 2. The molecule has 0 aliphatic heterocycles. The van der Waals surface area contributed by atoms with E-state index in [1.807, 2.05) is 30.3 Å². The maximum Gasteiger partial charge on any atom is 0.177 e. The number of carbonyl (C=O) groups excluding carboxylic acids is 2. The Bertz CT molecular complexity index is 621. The minimum atomic E-state index is -0.953. The maximum atomic E-state index is 12.5. The fourth-order valence-corrected chi connectivity index (χ4v) is 2.74. The molecule has 0 spiro atoms. The minimum Gasteiger partial charge on any atom is -0.293 e. The quantitative estimate of drug-likeness (QED) is 0.766. The molecule has 19 heavy (non-hydrogen) atoms. The fraction of sp³-hybridized carbons (Fsp3) is 0.176. The Morgan fingerprint density at radius 3 is 1.79 bits per heavy atom. The first kappa shape index (κ1) is 11.8. The van der Waals surface area contributed by atoms with Gasteiger partial charge in [0.05, 0.1) is 5.41 Å². The summed E-state index contributed by atoms with van der Waals surface area (Å²) >= 11 is 0. The molecular formula is C17H14O2. The van der Waals surface area contributed by atoms with Crippen molar-refractivity contribution in [1.29, 1.82) is 0 Å². The van der Waals surface area contributed by atoms with Crippen LogP contribution in [0.5, 0.6) is 0 Å². The highest BCUT2D eigenvalue weighted by atomic mass is 16.2. The molecule has 0 radical (unpaired) electrons. The summed E-state index contributed by atoms with van der Waals surface area (Å²) in [6, 6.07) is 16.8. The Morgan fingerprint density at radius 1 is 0.789 bits per heavy atom. The van der Waals surface area contributed by atoms with Crippen LogP contribution in [0.25, 0.3) is 0 Å². The van der Waals surface area contributed by atoms with Gasteiger partial charge in [0.15, 0.2) is 11.6 Å². The molecule has 0 unspecified atom stereocenters. The van der Waals surface area contributed by atoms with Crippen LogP contribution in [0.3, 0.4) is 0 Å². The normalized spacial score (nSPS) is 16.5. The van der Waals surface area contributed by atoms with Gasteiger partial charge in [-0.1, -0.05) is 54.6 Å². The average molecular weight is 250 g/mol. The molecule has 0 saturated heterocycles. The van der Waals surface area contributed by atoms with Crippen LogP contribution < -0.4 is 0 Å². The summed E-state index contributed by atoms with van der Waals surface area (Å²) in [5, 5.41) is 0. The van der Waals surface area contributed by atoms with Crippen LogP contribution in [0, 0.1) is 5.41 Å². The number of fused-ring (bicyclic) bond motifs is 1. The second-order valence-electron chi connectivity index (χ2n) is 5.20. The monoisotopic (exact) mass is 250 g/mol. The minimum absolute atomic E-state index is 0.0584. The topological polar surface area (TPSA) is 34.1 Å². The molecule has 0 aromatic heterocycles. The van der Waals surface area contributed by atoms with Crippen molar-refractivity contribution in [3.63, 3.8) is 0 Å². The lowest BCUT2D eigenvalue weighted by Gasteiger charge is -2.20. The SMILES string of the molecule is CC1(Cc2ccccc2)C(=O)c2ccccc2C1=O. The average Bonchev–Trinajstić information content (AvgIpc) is 2.63. The van der Waals surface area contributed by atoms with Gasteiger partial charge in [0.25, 0.3) is 0 Å². The zero-order valence-corrected chi connectivity index (χ0v) is 10.7. The molecule has 2 nitrogen and oxygen atoms in total. The van der Waals surface area contributed by atoms with E-state index in [0.717, 1.165) is 5.56 Å². The van der Waals surface area contributed by atoms with E-state index in [0.29, 0.717) is 17.5 Å². The highest BCUT2D eigenvalue weighted by Gasteiger charge is 2.48. The van der Waals surface area contributed by atoms with Crippen molar-refractivity contribution in [3.05, 3.63) is 71.3 Å². The molecule has 2 aromatic rings. The van der Waals surface area contributed by atoms with Crippen LogP contribution in [-0.4, -0.2) is 11.6 Å². The van der Waals surface area contributed by atoms with Gasteiger partial charge in [0.2, 0.25) is 0 Å². The summed E-state index contributed by atoms with van der Waals surface area (Å²) in [7, 11) is 0. The third-order valence-corrected chi connectivity index (χ3v) is 3.82. The van der Waals surface area contributed by atoms with Gasteiger partial charge in [-0.3, -0.25) is 9.59 Å². The lowest BCUT2D eigenvalue weighted by molar-refractivity contribution is 0.0722. The second-order valence-corrected chi connectivity index (χ2v) is 5.20. The Kier molecular flexibility index (Phi) is 2.59.